The Kier molecular flexibility index (Phi) is 3.03. The molecule has 1 saturated carbocycles. The summed E-state index contributed by atoms with van der Waals surface area (Å²) in [5.74, 6) is -1.67. The summed E-state index contributed by atoms with van der Waals surface area (Å²) in [5.41, 5.74) is 0.861. The van der Waals surface area contributed by atoms with Gasteiger partial charge in [0.1, 0.15) is 0 Å². The Labute approximate surface area is 117 Å². The molecule has 6 nitrogen and oxygen atoms in total. The van der Waals surface area contributed by atoms with Crippen LogP contribution in [0.2, 0.25) is 0 Å². The van der Waals surface area contributed by atoms with Gasteiger partial charge in [-0.1, -0.05) is 0 Å². The number of hydrogen-bond acceptors (Lipinski definition) is 3. The first-order valence-corrected chi connectivity index (χ1v) is 7.06. The maximum Gasteiger partial charge on any atom is 0.309 e. The van der Waals surface area contributed by atoms with Gasteiger partial charge in [-0.3, -0.25) is 9.59 Å². The molecule has 1 N–H and O–H groups in total. The van der Waals surface area contributed by atoms with Crippen molar-refractivity contribution in [1.82, 2.24) is 14.5 Å². The summed E-state index contributed by atoms with van der Waals surface area (Å²) < 4.78 is 2.05. The van der Waals surface area contributed by atoms with Crippen LogP contribution in [-0.2, 0) is 9.59 Å². The predicted octanol–water partition coefficient (Wildman–Crippen LogP) is 1.60. The molecule has 6 heteroatoms. The predicted molar refractivity (Wildman–Crippen MR) is 71.0 cm³/mol. The van der Waals surface area contributed by atoms with Crippen LogP contribution in [0.4, 0.5) is 0 Å². The third-order valence-corrected chi connectivity index (χ3v) is 4.18. The number of amides is 1. The zero-order chi connectivity index (χ0) is 14.4. The van der Waals surface area contributed by atoms with Crippen LogP contribution in [-0.4, -0.2) is 37.5 Å². The van der Waals surface area contributed by atoms with Gasteiger partial charge in [0.25, 0.3) is 0 Å². The van der Waals surface area contributed by atoms with E-state index < -0.39 is 17.9 Å². The van der Waals surface area contributed by atoms with Crippen molar-refractivity contribution in [2.75, 3.05) is 0 Å². The highest BCUT2D eigenvalue weighted by molar-refractivity contribution is 5.87. The number of hydrogen-bond donors (Lipinski definition) is 1. The van der Waals surface area contributed by atoms with E-state index in [-0.39, 0.29) is 18.4 Å². The van der Waals surface area contributed by atoms with Crippen molar-refractivity contribution in [2.45, 2.75) is 51.2 Å². The summed E-state index contributed by atoms with van der Waals surface area (Å²) in [6.07, 6.45) is 5.75. The topological polar surface area (TPSA) is 75.4 Å². The molecule has 0 aromatic carbocycles. The largest absolute Gasteiger partial charge is 0.481 e. The van der Waals surface area contributed by atoms with Crippen molar-refractivity contribution < 1.29 is 14.7 Å². The van der Waals surface area contributed by atoms with Gasteiger partial charge in [-0.2, -0.15) is 0 Å². The van der Waals surface area contributed by atoms with Gasteiger partial charge >= 0.3 is 5.97 Å². The van der Waals surface area contributed by atoms with Gasteiger partial charge < -0.3 is 14.6 Å². The van der Waals surface area contributed by atoms with E-state index >= 15 is 0 Å². The summed E-state index contributed by atoms with van der Waals surface area (Å²) in [6.45, 7) is 3.85. The summed E-state index contributed by atoms with van der Waals surface area (Å²) in [6, 6.07) is 0.00848. The Morgan fingerprint density at radius 3 is 2.70 bits per heavy atom. The van der Waals surface area contributed by atoms with Crippen molar-refractivity contribution in [3.05, 3.63) is 18.2 Å². The molecule has 1 aliphatic heterocycles. The summed E-state index contributed by atoms with van der Waals surface area (Å²) in [4.78, 5) is 29.6. The third-order valence-electron chi connectivity index (χ3n) is 4.18. The fraction of sp³-hybridized carbons (Fsp3) is 0.643. The van der Waals surface area contributed by atoms with Crippen LogP contribution in [0.15, 0.2) is 12.5 Å². The number of carbonyl (C=O) groups is 2. The minimum atomic E-state index is -0.907. The Morgan fingerprint density at radius 1 is 1.45 bits per heavy atom. The standard InChI is InChI=1S/C14H19N3O3/c1-8(2)17-12(18)5-10(14(19)20)13(17)11-6-15-7-16(11)9-3-4-9/h6-10,13H,3-5H2,1-2H3,(H,19,20). The molecule has 0 radical (unpaired) electrons. The van der Waals surface area contributed by atoms with E-state index in [1.165, 1.54) is 0 Å². The Morgan fingerprint density at radius 2 is 2.15 bits per heavy atom. The minimum absolute atomic E-state index is 0.0144. The molecular formula is C14H19N3O3. The van der Waals surface area contributed by atoms with Crippen LogP contribution in [0.5, 0.6) is 0 Å². The molecule has 1 aromatic heterocycles. The number of carbonyl (C=O) groups excluding carboxylic acids is 1. The minimum Gasteiger partial charge on any atom is -0.481 e. The average molecular weight is 277 g/mol. The van der Waals surface area contributed by atoms with Crippen LogP contribution in [0, 0.1) is 5.92 Å². The highest BCUT2D eigenvalue weighted by Gasteiger charge is 2.47. The highest BCUT2D eigenvalue weighted by Crippen LogP contribution is 2.43. The van der Waals surface area contributed by atoms with Crippen LogP contribution < -0.4 is 0 Å². The first-order valence-electron chi connectivity index (χ1n) is 7.06. The lowest BCUT2D eigenvalue weighted by Crippen LogP contribution is -2.37. The van der Waals surface area contributed by atoms with E-state index in [1.54, 1.807) is 17.4 Å². The molecule has 108 valence electrons. The monoisotopic (exact) mass is 277 g/mol. The number of rotatable bonds is 4. The average Bonchev–Trinajstić information content (AvgIpc) is 2.98. The second-order valence-corrected chi connectivity index (χ2v) is 5.95. The summed E-state index contributed by atoms with van der Waals surface area (Å²) in [5, 5.41) is 9.44. The molecule has 2 unspecified atom stereocenters. The SMILES string of the molecule is CC(C)N1C(=O)CC(C(=O)O)C1c1cncn1C1CC1. The van der Waals surface area contributed by atoms with E-state index in [0.717, 1.165) is 18.5 Å². The highest BCUT2D eigenvalue weighted by atomic mass is 16.4. The molecule has 2 atom stereocenters. The molecule has 1 aromatic rings. The fourth-order valence-electron chi connectivity index (χ4n) is 3.14. The molecule has 1 amide bonds. The molecule has 2 heterocycles. The number of aromatic nitrogens is 2. The lowest BCUT2D eigenvalue weighted by Gasteiger charge is -2.31. The number of likely N-dealkylation sites (tertiary alicyclic amines) is 1. The van der Waals surface area contributed by atoms with Crippen LogP contribution in [0.3, 0.4) is 0 Å². The second-order valence-electron chi connectivity index (χ2n) is 5.95. The Balaban J connectivity index is 2.02. The normalized spacial score (nSPS) is 26.6. The molecule has 2 aliphatic rings. The lowest BCUT2D eigenvalue weighted by molar-refractivity contribution is -0.142. The number of carboxylic acid groups (broad SMARTS) is 1. The van der Waals surface area contributed by atoms with Gasteiger partial charge in [-0.05, 0) is 26.7 Å². The molecule has 3 rings (SSSR count). The molecule has 1 saturated heterocycles. The molecule has 0 spiro atoms. The summed E-state index contributed by atoms with van der Waals surface area (Å²) >= 11 is 0. The van der Waals surface area contributed by atoms with E-state index in [1.807, 2.05) is 13.8 Å². The van der Waals surface area contributed by atoms with Crippen molar-refractivity contribution in [1.29, 1.82) is 0 Å². The van der Waals surface area contributed by atoms with Gasteiger partial charge in [0, 0.05) is 18.5 Å². The van der Waals surface area contributed by atoms with E-state index in [2.05, 4.69) is 9.55 Å². The Bertz CT molecular complexity index is 548. The maximum absolute atomic E-state index is 12.2. The third kappa shape index (κ3) is 1.99. The van der Waals surface area contributed by atoms with E-state index in [4.69, 9.17) is 0 Å². The van der Waals surface area contributed by atoms with Gasteiger partial charge in [0.05, 0.1) is 30.2 Å². The number of imidazole rings is 1. The van der Waals surface area contributed by atoms with Gasteiger partial charge in [-0.25, -0.2) is 4.98 Å². The fourth-order valence-corrected chi connectivity index (χ4v) is 3.14. The number of aliphatic carboxylic acids is 1. The first kappa shape index (κ1) is 13.1. The van der Waals surface area contributed by atoms with Crippen molar-refractivity contribution in [2.24, 2.45) is 5.92 Å². The van der Waals surface area contributed by atoms with Crippen molar-refractivity contribution >= 4 is 11.9 Å². The molecule has 2 fully saturated rings. The molecular weight excluding hydrogens is 258 g/mol. The van der Waals surface area contributed by atoms with Crippen molar-refractivity contribution in [3.63, 3.8) is 0 Å². The summed E-state index contributed by atoms with van der Waals surface area (Å²) in [7, 11) is 0. The quantitative estimate of drug-likeness (QED) is 0.907. The van der Waals surface area contributed by atoms with Gasteiger partial charge in [-0.15, -0.1) is 0 Å². The van der Waals surface area contributed by atoms with Crippen LogP contribution in [0.1, 0.15) is 50.9 Å². The van der Waals surface area contributed by atoms with Gasteiger partial charge in [0.15, 0.2) is 0 Å². The van der Waals surface area contributed by atoms with Crippen molar-refractivity contribution in [3.8, 4) is 0 Å². The first-order chi connectivity index (χ1) is 9.50. The van der Waals surface area contributed by atoms with Crippen LogP contribution >= 0.6 is 0 Å². The smallest absolute Gasteiger partial charge is 0.309 e. The molecule has 0 bridgehead atoms. The zero-order valence-electron chi connectivity index (χ0n) is 11.7. The Hall–Kier alpha value is -1.85. The van der Waals surface area contributed by atoms with E-state index in [9.17, 15) is 14.7 Å². The van der Waals surface area contributed by atoms with E-state index in [0.29, 0.717) is 6.04 Å². The lowest BCUT2D eigenvalue weighted by atomic mass is 9.97. The number of carboxylic acids is 1. The zero-order valence-corrected chi connectivity index (χ0v) is 11.7. The maximum atomic E-state index is 12.2. The van der Waals surface area contributed by atoms with Gasteiger partial charge in [0.2, 0.25) is 5.91 Å². The second kappa shape index (κ2) is 4.61. The molecule has 20 heavy (non-hydrogen) atoms. The van der Waals surface area contributed by atoms with Crippen LogP contribution in [0.25, 0.3) is 0 Å². The molecule has 1 aliphatic carbocycles. The number of nitrogens with zero attached hydrogens (tertiary/aromatic N) is 3.